The molecule has 0 saturated carbocycles. The van der Waals surface area contributed by atoms with Crippen molar-refractivity contribution < 1.29 is 18.6 Å². The molecular formula is C3HI2V-. The van der Waals surface area contributed by atoms with Gasteiger partial charge in [-0.15, -0.1) is 0 Å². The second-order valence-electron chi connectivity index (χ2n) is 0.445. The van der Waals surface area contributed by atoms with Crippen molar-refractivity contribution in [2.45, 2.75) is 1.93 Å². The second-order valence-corrected chi connectivity index (χ2v) is 5.32. The van der Waals surface area contributed by atoms with Crippen LogP contribution in [0.15, 0.2) is 0 Å². The van der Waals surface area contributed by atoms with Gasteiger partial charge in [-0.25, -0.2) is 0 Å². The van der Waals surface area contributed by atoms with Gasteiger partial charge in [0, 0.05) is 18.6 Å². The molecule has 0 saturated heterocycles. The average Bonchev–Trinajstić information content (AvgIpc) is 1.38. The topological polar surface area (TPSA) is 0 Å². The summed E-state index contributed by atoms with van der Waals surface area (Å²) in [4.78, 5) is 0. The second kappa shape index (κ2) is 6.60. The molecule has 0 heterocycles. The molecule has 33 valence electrons. The van der Waals surface area contributed by atoms with E-state index in [4.69, 9.17) is 6.42 Å². The molecule has 0 unspecified atom stereocenters. The first-order chi connectivity index (χ1) is 2.27. The molecule has 0 nitrogen and oxygen atoms in total. The third kappa shape index (κ3) is 9.15. The fourth-order valence-electron chi connectivity index (χ4n) is 0. The predicted molar refractivity (Wildman–Crippen MR) is 39.0 cm³/mol. The van der Waals surface area contributed by atoms with Gasteiger partial charge in [-0.05, 0) is 0 Å². The van der Waals surface area contributed by atoms with Crippen LogP contribution in [0.2, 0.25) is 0 Å². The maximum atomic E-state index is 6.39. The van der Waals surface area contributed by atoms with E-state index in [9.17, 15) is 0 Å². The molecule has 0 fully saturated rings. The summed E-state index contributed by atoms with van der Waals surface area (Å²) >= 11 is 4.19. The first-order valence-electron chi connectivity index (χ1n) is 0.975. The van der Waals surface area contributed by atoms with E-state index < -0.39 is 0 Å². The Kier molecular flexibility index (Phi) is 11.6. The van der Waals surface area contributed by atoms with E-state index in [-0.39, 0.29) is 20.5 Å². The van der Waals surface area contributed by atoms with Gasteiger partial charge in [0.1, 0.15) is 0 Å². The fourth-order valence-corrected chi connectivity index (χ4v) is 0. The van der Waals surface area contributed by atoms with E-state index in [1.165, 1.54) is 0 Å². The van der Waals surface area contributed by atoms with Crippen molar-refractivity contribution in [3.63, 3.8) is 0 Å². The third-order valence-electron chi connectivity index (χ3n) is 0.109. The van der Waals surface area contributed by atoms with E-state index in [1.807, 2.05) is 0 Å². The van der Waals surface area contributed by atoms with Crippen LogP contribution in [0.3, 0.4) is 0 Å². The number of hydrogen-bond donors (Lipinski definition) is 0. The summed E-state index contributed by atoms with van der Waals surface area (Å²) < 4.78 is 0.241. The van der Waals surface area contributed by atoms with E-state index in [0.717, 1.165) is 0 Å². The number of rotatable bonds is 0. The standard InChI is InChI=1S/C3HI2.V/c1-2-3(4)5;/h3H;/q-1;. The van der Waals surface area contributed by atoms with Gasteiger partial charge in [-0.2, -0.15) is 0 Å². The Morgan fingerprint density at radius 3 is 1.67 bits per heavy atom. The molecule has 0 aromatic carbocycles. The van der Waals surface area contributed by atoms with Gasteiger partial charge >= 0.3 is 0 Å². The molecular weight excluding hydrogens is 341 g/mol. The molecule has 0 aromatic rings. The van der Waals surface area contributed by atoms with Crippen LogP contribution < -0.4 is 0 Å². The number of alkyl halides is 2. The van der Waals surface area contributed by atoms with Crippen LogP contribution in [-0.2, 0) is 18.6 Å². The van der Waals surface area contributed by atoms with Gasteiger partial charge in [0.2, 0.25) is 0 Å². The molecule has 6 heavy (non-hydrogen) atoms. The van der Waals surface area contributed by atoms with Crippen molar-refractivity contribution >= 4 is 45.2 Å². The maximum absolute atomic E-state index is 6.39. The predicted octanol–water partition coefficient (Wildman–Crippen LogP) is 1.77. The molecule has 0 aliphatic carbocycles. The Balaban J connectivity index is 0. The summed E-state index contributed by atoms with van der Waals surface area (Å²) in [6, 6.07) is 0. The zero-order valence-corrected chi connectivity index (χ0v) is 8.49. The average molecular weight is 342 g/mol. The molecule has 0 amide bonds. The van der Waals surface area contributed by atoms with Crippen LogP contribution in [0.25, 0.3) is 0 Å². The Morgan fingerprint density at radius 1 is 1.50 bits per heavy atom. The van der Waals surface area contributed by atoms with Crippen molar-refractivity contribution in [1.82, 2.24) is 0 Å². The summed E-state index contributed by atoms with van der Waals surface area (Å²) in [6.07, 6.45) is 6.39. The first-order valence-corrected chi connectivity index (χ1v) is 3.47. The quantitative estimate of drug-likeness (QED) is 0.273. The summed E-state index contributed by atoms with van der Waals surface area (Å²) in [5, 5.41) is 0. The Morgan fingerprint density at radius 2 is 1.67 bits per heavy atom. The van der Waals surface area contributed by atoms with Crippen LogP contribution in [0.4, 0.5) is 0 Å². The Labute approximate surface area is 77.0 Å². The largest absolute Gasteiger partial charge is 0.692 e. The molecule has 0 aliphatic rings. The minimum absolute atomic E-state index is 0. The van der Waals surface area contributed by atoms with Gasteiger partial charge in [0.25, 0.3) is 0 Å². The van der Waals surface area contributed by atoms with Crippen LogP contribution in [-0.4, -0.2) is 1.93 Å². The maximum Gasteiger partial charge on any atom is 0.0845 e. The molecule has 0 N–H and O–H groups in total. The minimum Gasteiger partial charge on any atom is -0.692 e. The molecule has 0 atom stereocenters. The number of hydrogen-bond acceptors (Lipinski definition) is 0. The smallest absolute Gasteiger partial charge is 0.0845 e. The number of halogens is 2. The Hall–Kier alpha value is 1.60. The fraction of sp³-hybridized carbons (Fsp3) is 0.333. The summed E-state index contributed by atoms with van der Waals surface area (Å²) in [7, 11) is 0. The van der Waals surface area contributed by atoms with Crippen LogP contribution >= 0.6 is 45.2 Å². The summed E-state index contributed by atoms with van der Waals surface area (Å²) in [5.41, 5.74) is 0. The van der Waals surface area contributed by atoms with Gasteiger partial charge in [-0.1, -0.05) is 45.2 Å². The third-order valence-corrected chi connectivity index (χ3v) is 0.732. The molecule has 1 radical (unpaired) electrons. The summed E-state index contributed by atoms with van der Waals surface area (Å²) in [5.74, 6) is 2.25. The van der Waals surface area contributed by atoms with Crippen LogP contribution in [0, 0.1) is 12.3 Å². The molecule has 0 bridgehead atoms. The first kappa shape index (κ1) is 10.6. The van der Waals surface area contributed by atoms with Crippen molar-refractivity contribution in [3.8, 4) is 5.92 Å². The van der Waals surface area contributed by atoms with Crippen molar-refractivity contribution in [2.75, 3.05) is 0 Å². The summed E-state index contributed by atoms with van der Waals surface area (Å²) in [6.45, 7) is 0. The van der Waals surface area contributed by atoms with E-state index >= 15 is 0 Å². The normalized spacial score (nSPS) is 6.33. The van der Waals surface area contributed by atoms with Crippen LogP contribution in [0.1, 0.15) is 0 Å². The van der Waals surface area contributed by atoms with E-state index in [0.29, 0.717) is 0 Å². The molecule has 0 aromatic heterocycles. The van der Waals surface area contributed by atoms with Gasteiger partial charge in [0.05, 0.1) is 1.93 Å². The van der Waals surface area contributed by atoms with E-state index in [1.54, 1.807) is 0 Å². The van der Waals surface area contributed by atoms with Crippen LogP contribution in [0.5, 0.6) is 0 Å². The van der Waals surface area contributed by atoms with Gasteiger partial charge in [-0.3, -0.25) is 0 Å². The van der Waals surface area contributed by atoms with Gasteiger partial charge in [0.15, 0.2) is 0 Å². The minimum atomic E-state index is 0. The monoisotopic (exact) mass is 342 g/mol. The molecule has 0 rings (SSSR count). The zero-order valence-electron chi connectivity index (χ0n) is 2.78. The Bertz CT molecular complexity index is 54.3. The molecule has 0 spiro atoms. The van der Waals surface area contributed by atoms with E-state index in [2.05, 4.69) is 51.1 Å². The van der Waals surface area contributed by atoms with Crippen molar-refractivity contribution in [1.29, 1.82) is 0 Å². The SMILES string of the molecule is [C-]#CC(I)I.[V]. The van der Waals surface area contributed by atoms with Crippen molar-refractivity contribution in [2.24, 2.45) is 0 Å². The molecule has 3 heteroatoms. The van der Waals surface area contributed by atoms with Gasteiger partial charge < -0.3 is 12.3 Å². The van der Waals surface area contributed by atoms with Crippen molar-refractivity contribution in [3.05, 3.63) is 6.42 Å². The molecule has 0 aliphatic heterocycles. The zero-order chi connectivity index (χ0) is 4.28.